The maximum absolute atomic E-state index is 13.1. The molecule has 3 rings (SSSR count). The zero-order chi connectivity index (χ0) is 16.1. The van der Waals surface area contributed by atoms with Gasteiger partial charge in [0.2, 0.25) is 5.91 Å². The summed E-state index contributed by atoms with van der Waals surface area (Å²) in [5, 5.41) is 3.06. The number of hydrogen-bond donors (Lipinski definition) is 1. The van der Waals surface area contributed by atoms with Crippen molar-refractivity contribution in [1.29, 1.82) is 0 Å². The summed E-state index contributed by atoms with van der Waals surface area (Å²) in [5.74, 6) is -0.180. The number of hydrogen-bond acceptors (Lipinski definition) is 2. The van der Waals surface area contributed by atoms with Gasteiger partial charge in [-0.25, -0.2) is 9.37 Å². The van der Waals surface area contributed by atoms with Crippen molar-refractivity contribution in [3.8, 4) is 0 Å². The zero-order valence-corrected chi connectivity index (χ0v) is 13.2. The quantitative estimate of drug-likeness (QED) is 0.798. The molecule has 1 amide bonds. The van der Waals surface area contributed by atoms with Gasteiger partial charge in [0.05, 0.1) is 11.7 Å². The van der Waals surface area contributed by atoms with Crippen molar-refractivity contribution in [2.75, 3.05) is 6.54 Å². The summed E-state index contributed by atoms with van der Waals surface area (Å²) >= 11 is 0. The van der Waals surface area contributed by atoms with Crippen molar-refractivity contribution in [3.63, 3.8) is 0 Å². The molecule has 0 unspecified atom stereocenters. The van der Waals surface area contributed by atoms with Crippen molar-refractivity contribution >= 4 is 5.91 Å². The van der Waals surface area contributed by atoms with E-state index in [1.54, 1.807) is 24.7 Å². The first-order valence-corrected chi connectivity index (χ1v) is 8.21. The number of nitrogens with one attached hydrogen (secondary N) is 1. The average Bonchev–Trinajstić information content (AvgIpc) is 3.01. The predicted octanol–water partition coefficient (Wildman–Crippen LogP) is 3.04. The van der Waals surface area contributed by atoms with Gasteiger partial charge in [-0.15, -0.1) is 0 Å². The topological polar surface area (TPSA) is 46.9 Å². The molecular formula is C18H22FN3O. The number of imidazole rings is 1. The Bertz CT molecular complexity index is 633. The first kappa shape index (κ1) is 15.7. The molecule has 1 heterocycles. The highest BCUT2D eigenvalue weighted by atomic mass is 19.1. The molecular weight excluding hydrogens is 293 g/mol. The van der Waals surface area contributed by atoms with Crippen LogP contribution in [-0.4, -0.2) is 22.0 Å². The van der Waals surface area contributed by atoms with E-state index in [4.69, 9.17) is 0 Å². The van der Waals surface area contributed by atoms with Crippen LogP contribution in [-0.2, 0) is 16.8 Å². The Labute approximate surface area is 135 Å². The Hall–Kier alpha value is -2.17. The third-order valence-corrected chi connectivity index (χ3v) is 4.73. The van der Waals surface area contributed by atoms with Crippen molar-refractivity contribution in [2.24, 2.45) is 0 Å². The van der Waals surface area contributed by atoms with Crippen molar-refractivity contribution < 1.29 is 9.18 Å². The van der Waals surface area contributed by atoms with Gasteiger partial charge in [0, 0.05) is 25.5 Å². The zero-order valence-electron chi connectivity index (χ0n) is 13.2. The molecule has 0 spiro atoms. The van der Waals surface area contributed by atoms with Gasteiger partial charge in [0.15, 0.2) is 0 Å². The standard InChI is InChI=1S/C18H22FN3O/c19-16-6-4-15(5-7-16)18(8-3-9-18)17(23)21-10-1-2-12-22-13-11-20-14-22/h4-7,11,13-14H,1-3,8-10,12H2,(H,21,23). The SMILES string of the molecule is O=C(NCCCCn1ccnc1)C1(c2ccc(F)cc2)CCC1. The summed E-state index contributed by atoms with van der Waals surface area (Å²) in [4.78, 5) is 16.6. The number of carbonyl (C=O) groups excluding carboxylic acids is 1. The van der Waals surface area contributed by atoms with Crippen LogP contribution in [0.3, 0.4) is 0 Å². The van der Waals surface area contributed by atoms with Crippen LogP contribution in [0.2, 0.25) is 0 Å². The van der Waals surface area contributed by atoms with Crippen LogP contribution in [0.1, 0.15) is 37.7 Å². The van der Waals surface area contributed by atoms with E-state index in [1.807, 2.05) is 10.8 Å². The van der Waals surface area contributed by atoms with Crippen molar-refractivity contribution in [2.45, 2.75) is 44.1 Å². The Balaban J connectivity index is 1.49. The molecule has 1 fully saturated rings. The third kappa shape index (κ3) is 3.44. The molecule has 0 radical (unpaired) electrons. The largest absolute Gasteiger partial charge is 0.355 e. The van der Waals surface area contributed by atoms with E-state index >= 15 is 0 Å². The molecule has 23 heavy (non-hydrogen) atoms. The summed E-state index contributed by atoms with van der Waals surface area (Å²) in [5.41, 5.74) is 0.485. The van der Waals surface area contributed by atoms with Crippen molar-refractivity contribution in [1.82, 2.24) is 14.9 Å². The number of aromatic nitrogens is 2. The van der Waals surface area contributed by atoms with Gasteiger partial charge in [0.1, 0.15) is 5.82 Å². The molecule has 1 saturated carbocycles. The number of carbonyl (C=O) groups is 1. The molecule has 0 atom stereocenters. The Morgan fingerprint density at radius 3 is 2.65 bits per heavy atom. The number of halogens is 1. The molecule has 1 aliphatic carbocycles. The summed E-state index contributed by atoms with van der Waals surface area (Å²) < 4.78 is 15.1. The first-order valence-electron chi connectivity index (χ1n) is 8.21. The number of nitrogens with zero attached hydrogens (tertiary/aromatic N) is 2. The van der Waals surface area contributed by atoms with Crippen molar-refractivity contribution in [3.05, 3.63) is 54.4 Å². The Morgan fingerprint density at radius 1 is 1.26 bits per heavy atom. The van der Waals surface area contributed by atoms with Gasteiger partial charge < -0.3 is 9.88 Å². The monoisotopic (exact) mass is 315 g/mol. The molecule has 1 aromatic carbocycles. The fourth-order valence-corrected chi connectivity index (χ4v) is 3.16. The fourth-order valence-electron chi connectivity index (χ4n) is 3.16. The minimum atomic E-state index is -0.446. The highest BCUT2D eigenvalue weighted by molar-refractivity contribution is 5.89. The second-order valence-electron chi connectivity index (χ2n) is 6.21. The molecule has 4 nitrogen and oxygen atoms in total. The number of amides is 1. The van der Waals surface area contributed by atoms with Crippen LogP contribution >= 0.6 is 0 Å². The van der Waals surface area contributed by atoms with E-state index in [9.17, 15) is 9.18 Å². The van der Waals surface area contributed by atoms with Gasteiger partial charge in [-0.3, -0.25) is 4.79 Å². The number of aryl methyl sites for hydroxylation is 1. The van der Waals surface area contributed by atoms with Gasteiger partial charge in [0.25, 0.3) is 0 Å². The van der Waals surface area contributed by atoms with E-state index in [-0.39, 0.29) is 11.7 Å². The second-order valence-corrected chi connectivity index (χ2v) is 6.21. The lowest BCUT2D eigenvalue weighted by Crippen LogP contribution is -2.49. The molecule has 1 aromatic heterocycles. The average molecular weight is 315 g/mol. The fraction of sp³-hybridized carbons (Fsp3) is 0.444. The van der Waals surface area contributed by atoms with Gasteiger partial charge in [-0.05, 0) is 43.4 Å². The summed E-state index contributed by atoms with van der Waals surface area (Å²) in [6, 6.07) is 6.36. The summed E-state index contributed by atoms with van der Waals surface area (Å²) in [6.07, 6.45) is 10.2. The minimum Gasteiger partial charge on any atom is -0.355 e. The van der Waals surface area contributed by atoms with Gasteiger partial charge >= 0.3 is 0 Å². The Morgan fingerprint density at radius 2 is 2.04 bits per heavy atom. The highest BCUT2D eigenvalue weighted by Gasteiger charge is 2.45. The maximum atomic E-state index is 13.1. The van der Waals surface area contributed by atoms with Crippen LogP contribution in [0.25, 0.3) is 0 Å². The van der Waals surface area contributed by atoms with Crippen LogP contribution in [0.4, 0.5) is 4.39 Å². The second kappa shape index (κ2) is 6.94. The molecule has 1 N–H and O–H groups in total. The molecule has 0 aliphatic heterocycles. The molecule has 0 bridgehead atoms. The summed E-state index contributed by atoms with van der Waals surface area (Å²) in [7, 11) is 0. The molecule has 2 aromatic rings. The van der Waals surface area contributed by atoms with E-state index in [0.29, 0.717) is 6.54 Å². The third-order valence-electron chi connectivity index (χ3n) is 4.73. The number of unbranched alkanes of at least 4 members (excludes halogenated alkanes) is 1. The van der Waals surface area contributed by atoms with Gasteiger partial charge in [-0.2, -0.15) is 0 Å². The lowest BCUT2D eigenvalue weighted by Gasteiger charge is -2.40. The summed E-state index contributed by atoms with van der Waals surface area (Å²) in [6.45, 7) is 1.59. The number of rotatable bonds is 7. The van der Waals surface area contributed by atoms with Crippen LogP contribution in [0.15, 0.2) is 43.0 Å². The normalized spacial score (nSPS) is 15.9. The minimum absolute atomic E-state index is 0.0815. The lowest BCUT2D eigenvalue weighted by atomic mass is 9.64. The lowest BCUT2D eigenvalue weighted by molar-refractivity contribution is -0.129. The first-order chi connectivity index (χ1) is 11.2. The number of benzene rings is 1. The predicted molar refractivity (Wildman–Crippen MR) is 86.4 cm³/mol. The van der Waals surface area contributed by atoms with Crippen LogP contribution in [0, 0.1) is 5.82 Å². The van der Waals surface area contributed by atoms with E-state index in [2.05, 4.69) is 10.3 Å². The molecule has 0 saturated heterocycles. The van der Waals surface area contributed by atoms with Gasteiger partial charge in [-0.1, -0.05) is 18.6 Å². The van der Waals surface area contributed by atoms with Crippen LogP contribution < -0.4 is 5.32 Å². The van der Waals surface area contributed by atoms with E-state index < -0.39 is 5.41 Å². The smallest absolute Gasteiger partial charge is 0.230 e. The van der Waals surface area contributed by atoms with Crippen LogP contribution in [0.5, 0.6) is 0 Å². The molecule has 5 heteroatoms. The Kier molecular flexibility index (Phi) is 4.74. The molecule has 122 valence electrons. The maximum Gasteiger partial charge on any atom is 0.230 e. The van der Waals surface area contributed by atoms with E-state index in [0.717, 1.165) is 44.2 Å². The highest BCUT2D eigenvalue weighted by Crippen LogP contribution is 2.43. The molecule has 1 aliphatic rings. The van der Waals surface area contributed by atoms with E-state index in [1.165, 1.54) is 12.1 Å².